The van der Waals surface area contributed by atoms with Crippen molar-refractivity contribution in [3.8, 4) is 0 Å². The number of carbonyl (C=O) groups is 2. The quantitative estimate of drug-likeness (QED) is 0.835. The van der Waals surface area contributed by atoms with E-state index in [0.29, 0.717) is 32.5 Å². The number of nitrogens with zero attached hydrogens (tertiary/aromatic N) is 1. The van der Waals surface area contributed by atoms with Crippen molar-refractivity contribution in [3.63, 3.8) is 0 Å². The lowest BCUT2D eigenvalue weighted by molar-refractivity contribution is -0.126. The minimum atomic E-state index is -0.670. The average molecular weight is 339 g/mol. The van der Waals surface area contributed by atoms with Crippen LogP contribution in [0.2, 0.25) is 0 Å². The summed E-state index contributed by atoms with van der Waals surface area (Å²) in [5.41, 5.74) is -0.158. The maximum atomic E-state index is 13.5. The molecular weight excluding hydrogens is 316 g/mol. The van der Waals surface area contributed by atoms with Gasteiger partial charge in [-0.1, -0.05) is 6.92 Å². The van der Waals surface area contributed by atoms with E-state index in [0.717, 1.165) is 24.6 Å². The number of nitrogens with one attached hydrogen (secondary N) is 2. The third-order valence-corrected chi connectivity index (χ3v) is 4.08. The van der Waals surface area contributed by atoms with Crippen molar-refractivity contribution in [2.45, 2.75) is 26.2 Å². The van der Waals surface area contributed by atoms with E-state index in [1.165, 1.54) is 0 Å². The first kappa shape index (κ1) is 18.3. The molecule has 2 amide bonds. The first-order valence-corrected chi connectivity index (χ1v) is 8.24. The summed E-state index contributed by atoms with van der Waals surface area (Å²) in [6.07, 6.45) is 2.29. The van der Waals surface area contributed by atoms with Gasteiger partial charge >= 0.3 is 0 Å². The van der Waals surface area contributed by atoms with Crippen molar-refractivity contribution in [3.05, 3.63) is 29.8 Å². The number of piperidine rings is 1. The van der Waals surface area contributed by atoms with Gasteiger partial charge in [-0.15, -0.1) is 0 Å². The van der Waals surface area contributed by atoms with Crippen LogP contribution in [0.1, 0.15) is 26.2 Å². The van der Waals surface area contributed by atoms with E-state index in [1.54, 1.807) is 0 Å². The first-order valence-electron chi connectivity index (χ1n) is 8.24. The molecular formula is C17H23F2N3O2. The van der Waals surface area contributed by atoms with Crippen LogP contribution in [-0.2, 0) is 9.59 Å². The maximum absolute atomic E-state index is 13.5. The van der Waals surface area contributed by atoms with Crippen LogP contribution in [0.15, 0.2) is 18.2 Å². The highest BCUT2D eigenvalue weighted by Gasteiger charge is 2.25. The summed E-state index contributed by atoms with van der Waals surface area (Å²) in [5, 5.41) is 5.27. The molecule has 0 bridgehead atoms. The van der Waals surface area contributed by atoms with Crippen molar-refractivity contribution in [1.82, 2.24) is 10.2 Å². The fourth-order valence-corrected chi connectivity index (χ4v) is 2.73. The van der Waals surface area contributed by atoms with Gasteiger partial charge in [-0.05, 0) is 44.5 Å². The zero-order valence-corrected chi connectivity index (χ0v) is 13.8. The number of likely N-dealkylation sites (tertiary alicyclic amines) is 1. The molecule has 7 heteroatoms. The van der Waals surface area contributed by atoms with Crippen molar-refractivity contribution in [2.24, 2.45) is 5.92 Å². The van der Waals surface area contributed by atoms with Gasteiger partial charge in [0.1, 0.15) is 11.6 Å². The van der Waals surface area contributed by atoms with Crippen molar-refractivity contribution in [2.75, 3.05) is 31.5 Å². The summed E-state index contributed by atoms with van der Waals surface area (Å²) in [6.45, 7) is 4.04. The van der Waals surface area contributed by atoms with Gasteiger partial charge in [-0.3, -0.25) is 14.5 Å². The summed E-state index contributed by atoms with van der Waals surface area (Å²) >= 11 is 0. The molecule has 24 heavy (non-hydrogen) atoms. The van der Waals surface area contributed by atoms with Gasteiger partial charge in [0.15, 0.2) is 0 Å². The lowest BCUT2D eigenvalue weighted by atomic mass is 9.96. The van der Waals surface area contributed by atoms with E-state index in [-0.39, 0.29) is 24.1 Å². The van der Waals surface area contributed by atoms with Crippen LogP contribution in [0, 0.1) is 17.6 Å². The van der Waals surface area contributed by atoms with Crippen LogP contribution in [0.25, 0.3) is 0 Å². The Kier molecular flexibility index (Phi) is 6.66. The summed E-state index contributed by atoms with van der Waals surface area (Å²) in [6, 6.07) is 2.93. The number of rotatable bonds is 6. The maximum Gasteiger partial charge on any atom is 0.238 e. The van der Waals surface area contributed by atoms with E-state index < -0.39 is 17.5 Å². The van der Waals surface area contributed by atoms with Crippen LogP contribution in [0.4, 0.5) is 14.5 Å². The zero-order valence-electron chi connectivity index (χ0n) is 13.8. The predicted molar refractivity (Wildman–Crippen MR) is 87.5 cm³/mol. The third kappa shape index (κ3) is 5.26. The molecule has 1 heterocycles. The number of hydrogen-bond donors (Lipinski definition) is 2. The Labute approximate surface area is 140 Å². The first-order chi connectivity index (χ1) is 11.5. The van der Waals surface area contributed by atoms with Crippen molar-refractivity contribution >= 4 is 17.5 Å². The largest absolute Gasteiger partial charge is 0.356 e. The molecule has 0 unspecified atom stereocenters. The van der Waals surface area contributed by atoms with E-state index in [4.69, 9.17) is 0 Å². The van der Waals surface area contributed by atoms with Crippen LogP contribution in [0.3, 0.4) is 0 Å². The number of benzene rings is 1. The molecule has 0 atom stereocenters. The molecule has 0 saturated carbocycles. The van der Waals surface area contributed by atoms with Gasteiger partial charge < -0.3 is 10.6 Å². The minimum absolute atomic E-state index is 0.0171. The van der Waals surface area contributed by atoms with Crippen LogP contribution >= 0.6 is 0 Å². The highest BCUT2D eigenvalue weighted by atomic mass is 19.1. The summed E-state index contributed by atoms with van der Waals surface area (Å²) in [5.74, 6) is -1.62. The molecule has 0 spiro atoms. The standard InChI is InChI=1S/C17H23F2N3O2/c1-2-7-20-17(24)12-5-8-22(9-6-12)11-16(23)21-15-10-13(18)3-4-14(15)19/h3-4,10,12H,2,5-9,11H2,1H3,(H,20,24)(H,21,23). The Morgan fingerprint density at radius 3 is 2.62 bits per heavy atom. The highest BCUT2D eigenvalue weighted by Crippen LogP contribution is 2.18. The molecule has 0 aliphatic carbocycles. The van der Waals surface area contributed by atoms with Gasteiger partial charge in [0.25, 0.3) is 0 Å². The third-order valence-electron chi connectivity index (χ3n) is 4.08. The molecule has 0 radical (unpaired) electrons. The van der Waals surface area contributed by atoms with Crippen molar-refractivity contribution < 1.29 is 18.4 Å². The SMILES string of the molecule is CCCNC(=O)C1CCN(CC(=O)Nc2cc(F)ccc2F)CC1. The molecule has 132 valence electrons. The number of carbonyl (C=O) groups excluding carboxylic acids is 2. The number of halogens is 2. The summed E-state index contributed by atoms with van der Waals surface area (Å²) in [7, 11) is 0. The Hall–Kier alpha value is -2.02. The van der Waals surface area contributed by atoms with Crippen LogP contribution in [-0.4, -0.2) is 42.9 Å². The Bertz CT molecular complexity index is 587. The fraction of sp³-hybridized carbons (Fsp3) is 0.529. The van der Waals surface area contributed by atoms with Crippen LogP contribution in [0.5, 0.6) is 0 Å². The average Bonchev–Trinajstić information content (AvgIpc) is 2.56. The second-order valence-corrected chi connectivity index (χ2v) is 6.01. The predicted octanol–water partition coefficient (Wildman–Crippen LogP) is 2.14. The van der Waals surface area contributed by atoms with Crippen molar-refractivity contribution in [1.29, 1.82) is 0 Å². The van der Waals surface area contributed by atoms with Gasteiger partial charge in [0, 0.05) is 18.5 Å². The highest BCUT2D eigenvalue weighted by molar-refractivity contribution is 5.92. The Morgan fingerprint density at radius 2 is 1.96 bits per heavy atom. The van der Waals surface area contributed by atoms with Gasteiger partial charge in [0.2, 0.25) is 11.8 Å². The lowest BCUT2D eigenvalue weighted by Gasteiger charge is -2.30. The molecule has 2 N–H and O–H groups in total. The molecule has 0 aromatic heterocycles. The molecule has 1 aromatic rings. The molecule has 1 aliphatic rings. The van der Waals surface area contributed by atoms with E-state index in [1.807, 2.05) is 11.8 Å². The lowest BCUT2D eigenvalue weighted by Crippen LogP contribution is -2.43. The van der Waals surface area contributed by atoms with E-state index in [2.05, 4.69) is 10.6 Å². The number of amides is 2. The second kappa shape index (κ2) is 8.73. The fourth-order valence-electron chi connectivity index (χ4n) is 2.73. The molecule has 1 fully saturated rings. The Morgan fingerprint density at radius 1 is 1.25 bits per heavy atom. The molecule has 1 aliphatic heterocycles. The van der Waals surface area contributed by atoms with Gasteiger partial charge in [-0.2, -0.15) is 0 Å². The molecule has 1 saturated heterocycles. The monoisotopic (exact) mass is 339 g/mol. The zero-order chi connectivity index (χ0) is 17.5. The smallest absolute Gasteiger partial charge is 0.238 e. The van der Waals surface area contributed by atoms with Crippen LogP contribution < -0.4 is 10.6 Å². The van der Waals surface area contributed by atoms with E-state index in [9.17, 15) is 18.4 Å². The summed E-state index contributed by atoms with van der Waals surface area (Å²) < 4.78 is 26.6. The molecule has 5 nitrogen and oxygen atoms in total. The topological polar surface area (TPSA) is 61.4 Å². The molecule has 2 rings (SSSR count). The molecule has 1 aromatic carbocycles. The van der Waals surface area contributed by atoms with Gasteiger partial charge in [-0.25, -0.2) is 8.78 Å². The van der Waals surface area contributed by atoms with Gasteiger partial charge in [0.05, 0.1) is 12.2 Å². The Balaban J connectivity index is 1.78. The normalized spacial score (nSPS) is 16.0. The van der Waals surface area contributed by atoms with E-state index >= 15 is 0 Å². The second-order valence-electron chi connectivity index (χ2n) is 6.01. The number of hydrogen-bond acceptors (Lipinski definition) is 3. The summed E-state index contributed by atoms with van der Waals surface area (Å²) in [4.78, 5) is 25.8. The minimum Gasteiger partial charge on any atom is -0.356 e. The number of anilines is 1.